The van der Waals surface area contributed by atoms with Crippen LogP contribution in [-0.2, 0) is 11.3 Å². The number of carbonyl (C=O) groups excluding carboxylic acids is 1. The summed E-state index contributed by atoms with van der Waals surface area (Å²) in [7, 11) is 1.68. The van der Waals surface area contributed by atoms with Gasteiger partial charge in [0.05, 0.1) is 17.5 Å². The number of hydrogen-bond acceptors (Lipinski definition) is 4. The Hall–Kier alpha value is -1.95. The number of nitrogens with zero attached hydrogens (tertiary/aromatic N) is 2. The molecule has 0 aromatic heterocycles. The highest BCUT2D eigenvalue weighted by Gasteiger charge is 2.26. The highest BCUT2D eigenvalue weighted by molar-refractivity contribution is 5.82. The lowest BCUT2D eigenvalue weighted by atomic mass is 10.1. The van der Waals surface area contributed by atoms with Gasteiger partial charge in [-0.15, -0.1) is 0 Å². The van der Waals surface area contributed by atoms with Gasteiger partial charge in [-0.05, 0) is 19.4 Å². The average Bonchev–Trinajstić information content (AvgIpc) is 2.92. The van der Waals surface area contributed by atoms with Crippen molar-refractivity contribution in [3.63, 3.8) is 0 Å². The summed E-state index contributed by atoms with van der Waals surface area (Å²) < 4.78 is 0. The van der Waals surface area contributed by atoms with E-state index in [1.165, 1.54) is 6.07 Å². The molecular weight excluding hydrogens is 246 g/mol. The Bertz CT molecular complexity index is 484. The lowest BCUT2D eigenvalue weighted by Gasteiger charge is -2.21. The third-order valence-corrected chi connectivity index (χ3v) is 3.33. The number of para-hydroxylation sites is 1. The first-order chi connectivity index (χ1) is 9.09. The molecule has 1 atom stereocenters. The first-order valence-electron chi connectivity index (χ1n) is 6.30. The second kappa shape index (κ2) is 5.79. The second-order valence-corrected chi connectivity index (χ2v) is 4.73. The topological polar surface area (TPSA) is 75.5 Å². The average molecular weight is 263 g/mol. The van der Waals surface area contributed by atoms with E-state index in [2.05, 4.69) is 5.32 Å². The zero-order valence-electron chi connectivity index (χ0n) is 10.8. The fraction of sp³-hybridized carbons (Fsp3) is 0.462. The van der Waals surface area contributed by atoms with E-state index >= 15 is 0 Å². The van der Waals surface area contributed by atoms with Gasteiger partial charge in [-0.3, -0.25) is 14.9 Å². The smallest absolute Gasteiger partial charge is 0.274 e. The van der Waals surface area contributed by atoms with E-state index in [1.807, 2.05) is 0 Å². The molecule has 6 heteroatoms. The van der Waals surface area contributed by atoms with Gasteiger partial charge in [0.25, 0.3) is 5.69 Å². The number of benzene rings is 1. The molecule has 1 aliphatic rings. The van der Waals surface area contributed by atoms with Crippen molar-refractivity contribution < 1.29 is 9.72 Å². The molecular formula is C13H17N3O3. The molecule has 6 nitrogen and oxygen atoms in total. The normalized spacial score (nSPS) is 18.3. The van der Waals surface area contributed by atoms with Gasteiger partial charge < -0.3 is 10.2 Å². The number of nitrogens with one attached hydrogen (secondary N) is 1. The molecule has 0 bridgehead atoms. The second-order valence-electron chi connectivity index (χ2n) is 4.73. The van der Waals surface area contributed by atoms with Gasteiger partial charge in [0, 0.05) is 18.7 Å². The molecule has 0 spiro atoms. The zero-order valence-corrected chi connectivity index (χ0v) is 10.8. The summed E-state index contributed by atoms with van der Waals surface area (Å²) >= 11 is 0. The molecule has 0 saturated carbocycles. The summed E-state index contributed by atoms with van der Waals surface area (Å²) in [4.78, 5) is 24.2. The zero-order chi connectivity index (χ0) is 13.8. The van der Waals surface area contributed by atoms with E-state index in [4.69, 9.17) is 0 Å². The van der Waals surface area contributed by atoms with Crippen LogP contribution in [0.3, 0.4) is 0 Å². The standard InChI is InChI=1S/C13H17N3O3/c1-15(13(17)11-6-4-8-14-11)9-10-5-2-3-7-12(10)16(18)19/h2-3,5,7,11,14H,4,6,8-9H2,1H3. The molecule has 19 heavy (non-hydrogen) atoms. The van der Waals surface area contributed by atoms with Crippen LogP contribution in [0.2, 0.25) is 0 Å². The Labute approximate surface area is 111 Å². The number of likely N-dealkylation sites (N-methyl/N-ethyl adjacent to an activating group) is 1. The minimum absolute atomic E-state index is 0.00403. The van der Waals surface area contributed by atoms with Crippen LogP contribution in [0, 0.1) is 10.1 Å². The van der Waals surface area contributed by atoms with Crippen molar-refractivity contribution in [2.45, 2.75) is 25.4 Å². The molecule has 1 N–H and O–H groups in total. The van der Waals surface area contributed by atoms with Crippen LogP contribution in [0.5, 0.6) is 0 Å². The van der Waals surface area contributed by atoms with Gasteiger partial charge in [0.2, 0.25) is 5.91 Å². The summed E-state index contributed by atoms with van der Waals surface area (Å²) in [5, 5.41) is 14.1. The first-order valence-corrected chi connectivity index (χ1v) is 6.30. The van der Waals surface area contributed by atoms with E-state index in [0.29, 0.717) is 5.56 Å². The van der Waals surface area contributed by atoms with Gasteiger partial charge in [-0.25, -0.2) is 0 Å². The maximum absolute atomic E-state index is 12.1. The lowest BCUT2D eigenvalue weighted by Crippen LogP contribution is -2.41. The van der Waals surface area contributed by atoms with Crippen LogP contribution in [-0.4, -0.2) is 35.4 Å². The number of nitro benzene ring substituents is 1. The van der Waals surface area contributed by atoms with E-state index in [1.54, 1.807) is 30.1 Å². The number of amides is 1. The van der Waals surface area contributed by atoms with E-state index in [9.17, 15) is 14.9 Å². The fourth-order valence-corrected chi connectivity index (χ4v) is 2.32. The number of carbonyl (C=O) groups is 1. The molecule has 0 radical (unpaired) electrons. The van der Waals surface area contributed by atoms with Crippen molar-refractivity contribution >= 4 is 11.6 Å². The van der Waals surface area contributed by atoms with E-state index in [0.717, 1.165) is 19.4 Å². The highest BCUT2D eigenvalue weighted by atomic mass is 16.6. The fourth-order valence-electron chi connectivity index (χ4n) is 2.32. The van der Waals surface area contributed by atoms with Gasteiger partial charge in [0.1, 0.15) is 0 Å². The molecule has 1 aromatic rings. The summed E-state index contributed by atoms with van der Waals surface area (Å²) in [6.07, 6.45) is 1.83. The third kappa shape index (κ3) is 3.08. The Kier molecular flexibility index (Phi) is 4.11. The van der Waals surface area contributed by atoms with Crippen molar-refractivity contribution in [3.05, 3.63) is 39.9 Å². The maximum atomic E-state index is 12.1. The lowest BCUT2D eigenvalue weighted by molar-refractivity contribution is -0.385. The predicted octanol–water partition coefficient (Wildman–Crippen LogP) is 1.31. The van der Waals surface area contributed by atoms with Crippen molar-refractivity contribution in [3.8, 4) is 0 Å². The molecule has 0 aliphatic carbocycles. The Balaban J connectivity index is 2.08. The van der Waals surface area contributed by atoms with Crippen molar-refractivity contribution in [1.82, 2.24) is 10.2 Å². The SMILES string of the molecule is CN(Cc1ccccc1[N+](=O)[O-])C(=O)C1CCCN1. The molecule has 1 aliphatic heterocycles. The Morgan fingerprint density at radius 2 is 2.26 bits per heavy atom. The van der Waals surface area contributed by atoms with E-state index < -0.39 is 4.92 Å². The van der Waals surface area contributed by atoms with Gasteiger partial charge in [-0.2, -0.15) is 0 Å². The van der Waals surface area contributed by atoms with Crippen LogP contribution in [0.1, 0.15) is 18.4 Å². The third-order valence-electron chi connectivity index (χ3n) is 3.33. The van der Waals surface area contributed by atoms with Crippen molar-refractivity contribution in [2.24, 2.45) is 0 Å². The van der Waals surface area contributed by atoms with Gasteiger partial charge in [-0.1, -0.05) is 18.2 Å². The monoisotopic (exact) mass is 263 g/mol. The molecule has 1 heterocycles. The van der Waals surface area contributed by atoms with Crippen molar-refractivity contribution in [1.29, 1.82) is 0 Å². The Morgan fingerprint density at radius 1 is 1.53 bits per heavy atom. The maximum Gasteiger partial charge on any atom is 0.274 e. The van der Waals surface area contributed by atoms with E-state index in [-0.39, 0.29) is 24.2 Å². The molecule has 1 aromatic carbocycles. The van der Waals surface area contributed by atoms with Crippen LogP contribution < -0.4 is 5.32 Å². The summed E-state index contributed by atoms with van der Waals surface area (Å²) in [5.74, 6) is -0.00403. The van der Waals surface area contributed by atoms with Crippen molar-refractivity contribution in [2.75, 3.05) is 13.6 Å². The largest absolute Gasteiger partial charge is 0.340 e. The van der Waals surface area contributed by atoms with Crippen LogP contribution in [0.15, 0.2) is 24.3 Å². The quantitative estimate of drug-likeness (QED) is 0.656. The minimum Gasteiger partial charge on any atom is -0.340 e. The van der Waals surface area contributed by atoms with Crippen LogP contribution in [0.25, 0.3) is 0 Å². The van der Waals surface area contributed by atoms with Gasteiger partial charge in [0.15, 0.2) is 0 Å². The number of nitro groups is 1. The molecule has 2 rings (SSSR count). The highest BCUT2D eigenvalue weighted by Crippen LogP contribution is 2.19. The summed E-state index contributed by atoms with van der Waals surface area (Å²) in [6.45, 7) is 1.11. The van der Waals surface area contributed by atoms with Crippen LogP contribution in [0.4, 0.5) is 5.69 Å². The van der Waals surface area contributed by atoms with Gasteiger partial charge >= 0.3 is 0 Å². The molecule has 102 valence electrons. The predicted molar refractivity (Wildman–Crippen MR) is 70.6 cm³/mol. The molecule has 1 unspecified atom stereocenters. The first kappa shape index (κ1) is 13.5. The molecule has 1 saturated heterocycles. The Morgan fingerprint density at radius 3 is 2.89 bits per heavy atom. The molecule has 1 amide bonds. The summed E-state index contributed by atoms with van der Waals surface area (Å²) in [6, 6.07) is 6.37. The number of rotatable bonds is 4. The van der Waals surface area contributed by atoms with Crippen LogP contribution >= 0.6 is 0 Å². The molecule has 1 fully saturated rings. The summed E-state index contributed by atoms with van der Waals surface area (Å²) in [5.41, 5.74) is 0.614. The minimum atomic E-state index is -0.415. The number of hydrogen-bond donors (Lipinski definition) is 1.